The molecule has 2 saturated carbocycles. The molecule has 144 valence electrons. The molecular formula is C23H28FNO2. The van der Waals surface area contributed by atoms with Gasteiger partial charge >= 0.3 is 5.97 Å². The first kappa shape index (κ1) is 18.4. The molecule has 2 unspecified atom stereocenters. The molecule has 0 saturated heterocycles. The smallest absolute Gasteiger partial charge is 0.311 e. The van der Waals surface area contributed by atoms with Gasteiger partial charge in [-0.1, -0.05) is 0 Å². The molecule has 1 heterocycles. The molecule has 2 aromatic rings. The molecule has 1 aromatic carbocycles. The summed E-state index contributed by atoms with van der Waals surface area (Å²) in [7, 11) is 0. The van der Waals surface area contributed by atoms with Gasteiger partial charge in [-0.25, -0.2) is 4.39 Å². The van der Waals surface area contributed by atoms with E-state index >= 15 is 0 Å². The molecule has 2 aliphatic rings. The summed E-state index contributed by atoms with van der Waals surface area (Å²) in [6, 6.07) is 6.93. The van der Waals surface area contributed by atoms with Gasteiger partial charge in [0, 0.05) is 11.6 Å². The van der Waals surface area contributed by atoms with Crippen LogP contribution in [0.3, 0.4) is 0 Å². The Bertz CT molecular complexity index is 849. The van der Waals surface area contributed by atoms with Crippen LogP contribution in [-0.4, -0.2) is 17.6 Å². The Labute approximate surface area is 160 Å². The zero-order valence-electron chi connectivity index (χ0n) is 16.4. The third-order valence-corrected chi connectivity index (χ3v) is 7.02. The van der Waals surface area contributed by atoms with E-state index in [-0.39, 0.29) is 11.8 Å². The van der Waals surface area contributed by atoms with Gasteiger partial charge in [0.2, 0.25) is 0 Å². The van der Waals surface area contributed by atoms with Crippen LogP contribution in [-0.2, 0) is 9.53 Å². The van der Waals surface area contributed by atoms with Crippen molar-refractivity contribution in [3.8, 4) is 0 Å². The maximum Gasteiger partial charge on any atom is 0.311 e. The predicted molar refractivity (Wildman–Crippen MR) is 104 cm³/mol. The zero-order chi connectivity index (χ0) is 19.2. The Hall–Kier alpha value is -1.97. The maximum absolute atomic E-state index is 13.8. The molecule has 2 aliphatic carbocycles. The molecule has 4 heteroatoms. The second-order valence-corrected chi connectivity index (χ2v) is 8.86. The molecule has 0 spiro atoms. The number of pyridine rings is 1. The van der Waals surface area contributed by atoms with E-state index < -0.39 is 5.41 Å². The van der Waals surface area contributed by atoms with Gasteiger partial charge in [0.25, 0.3) is 0 Å². The van der Waals surface area contributed by atoms with Crippen LogP contribution in [0.15, 0.2) is 30.5 Å². The molecule has 0 N–H and O–H groups in total. The van der Waals surface area contributed by atoms with E-state index in [4.69, 9.17) is 4.74 Å². The van der Waals surface area contributed by atoms with Crippen LogP contribution in [0.25, 0.3) is 10.9 Å². The van der Waals surface area contributed by atoms with Crippen molar-refractivity contribution >= 4 is 16.9 Å². The van der Waals surface area contributed by atoms with Gasteiger partial charge in [-0.3, -0.25) is 9.78 Å². The summed E-state index contributed by atoms with van der Waals surface area (Å²) in [5.41, 5.74) is 1.69. The first-order chi connectivity index (χ1) is 12.9. The van der Waals surface area contributed by atoms with Gasteiger partial charge < -0.3 is 4.74 Å². The van der Waals surface area contributed by atoms with Crippen LogP contribution in [0.2, 0.25) is 0 Å². The second-order valence-electron chi connectivity index (χ2n) is 8.86. The quantitative estimate of drug-likeness (QED) is 0.670. The van der Waals surface area contributed by atoms with Gasteiger partial charge in [-0.05, 0) is 100.0 Å². The molecule has 27 heavy (non-hydrogen) atoms. The summed E-state index contributed by atoms with van der Waals surface area (Å²) in [4.78, 5) is 16.8. The Morgan fingerprint density at radius 3 is 2.56 bits per heavy atom. The van der Waals surface area contributed by atoms with Crippen LogP contribution in [0, 0.1) is 29.0 Å². The van der Waals surface area contributed by atoms with Gasteiger partial charge in [-0.2, -0.15) is 0 Å². The third kappa shape index (κ3) is 3.24. The number of carbonyl (C=O) groups excluding carboxylic acids is 1. The molecule has 0 aliphatic heterocycles. The van der Waals surface area contributed by atoms with E-state index in [2.05, 4.69) is 11.1 Å². The standard InChI is InChI=1S/C23H28FNO2/c1-4-27-22(26)23(2,3)17-11-14-9-16(10-15(14)12-17)19-7-8-25-21-6-5-18(24)13-20(19)21/h5-8,13-17H,4,9-12H2,1-3H3/t14-,15+,16?,17?. The highest BCUT2D eigenvalue weighted by Gasteiger charge is 2.49. The van der Waals surface area contributed by atoms with Crippen LogP contribution < -0.4 is 0 Å². The van der Waals surface area contributed by atoms with Gasteiger partial charge in [-0.15, -0.1) is 0 Å². The van der Waals surface area contributed by atoms with Crippen LogP contribution in [0.4, 0.5) is 4.39 Å². The first-order valence-electron chi connectivity index (χ1n) is 10.1. The van der Waals surface area contributed by atoms with E-state index in [9.17, 15) is 9.18 Å². The highest BCUT2D eigenvalue weighted by Crippen LogP contribution is 2.56. The van der Waals surface area contributed by atoms with Gasteiger partial charge in [0.15, 0.2) is 0 Å². The van der Waals surface area contributed by atoms with E-state index in [1.54, 1.807) is 12.1 Å². The molecule has 4 rings (SSSR count). The highest BCUT2D eigenvalue weighted by molar-refractivity contribution is 5.82. The van der Waals surface area contributed by atoms with E-state index in [1.807, 2.05) is 27.0 Å². The number of halogens is 1. The van der Waals surface area contributed by atoms with Crippen molar-refractivity contribution in [2.24, 2.45) is 23.2 Å². The molecule has 2 fully saturated rings. The van der Waals surface area contributed by atoms with Crippen molar-refractivity contribution in [1.29, 1.82) is 0 Å². The topological polar surface area (TPSA) is 39.2 Å². The lowest BCUT2D eigenvalue weighted by Gasteiger charge is -2.30. The number of nitrogens with zero attached hydrogens (tertiary/aromatic N) is 1. The van der Waals surface area contributed by atoms with Crippen molar-refractivity contribution in [2.45, 2.75) is 52.4 Å². The number of hydrogen-bond donors (Lipinski definition) is 0. The summed E-state index contributed by atoms with van der Waals surface area (Å²) < 4.78 is 19.1. The average Bonchev–Trinajstić information content (AvgIpc) is 3.20. The van der Waals surface area contributed by atoms with Crippen LogP contribution >= 0.6 is 0 Å². The van der Waals surface area contributed by atoms with Crippen molar-refractivity contribution < 1.29 is 13.9 Å². The number of esters is 1. The molecule has 0 bridgehead atoms. The number of hydrogen-bond acceptors (Lipinski definition) is 3. The third-order valence-electron chi connectivity index (χ3n) is 7.02. The first-order valence-corrected chi connectivity index (χ1v) is 10.1. The summed E-state index contributed by atoms with van der Waals surface area (Å²) >= 11 is 0. The Morgan fingerprint density at radius 1 is 1.19 bits per heavy atom. The van der Waals surface area contributed by atoms with Crippen molar-refractivity contribution in [3.05, 3.63) is 41.8 Å². The number of fused-ring (bicyclic) bond motifs is 2. The molecular weight excluding hydrogens is 341 g/mol. The van der Waals surface area contributed by atoms with Crippen LogP contribution in [0.1, 0.15) is 57.9 Å². The summed E-state index contributed by atoms with van der Waals surface area (Å²) in [5, 5.41) is 0.950. The average molecular weight is 369 g/mol. The zero-order valence-corrected chi connectivity index (χ0v) is 16.4. The lowest BCUT2D eigenvalue weighted by molar-refractivity contribution is -0.156. The minimum atomic E-state index is -0.414. The van der Waals surface area contributed by atoms with E-state index in [0.29, 0.717) is 30.3 Å². The Kier molecular flexibility index (Phi) is 4.69. The molecule has 3 nitrogen and oxygen atoms in total. The minimum absolute atomic E-state index is 0.0675. The summed E-state index contributed by atoms with van der Waals surface area (Å²) in [5.74, 6) is 1.86. The fourth-order valence-electron chi connectivity index (χ4n) is 5.44. The second kappa shape index (κ2) is 6.88. The minimum Gasteiger partial charge on any atom is -0.466 e. The summed E-state index contributed by atoms with van der Waals surface area (Å²) in [6.45, 7) is 6.38. The largest absolute Gasteiger partial charge is 0.466 e. The van der Waals surface area contributed by atoms with Crippen molar-refractivity contribution in [1.82, 2.24) is 4.98 Å². The fraction of sp³-hybridized carbons (Fsp3) is 0.565. The molecule has 0 radical (unpaired) electrons. The highest BCUT2D eigenvalue weighted by atomic mass is 19.1. The number of aromatic nitrogens is 1. The maximum atomic E-state index is 13.8. The Balaban J connectivity index is 1.51. The Morgan fingerprint density at radius 2 is 1.89 bits per heavy atom. The SMILES string of the molecule is CCOC(=O)C(C)(C)C1C[C@H]2CC(c3ccnc4ccc(F)cc34)C[C@H]2C1. The lowest BCUT2D eigenvalue weighted by atomic mass is 9.76. The molecule has 1 aromatic heterocycles. The van der Waals surface area contributed by atoms with Gasteiger partial charge in [0.05, 0.1) is 17.5 Å². The fourth-order valence-corrected chi connectivity index (χ4v) is 5.44. The lowest BCUT2D eigenvalue weighted by Crippen LogP contribution is -2.34. The van der Waals surface area contributed by atoms with E-state index in [1.165, 1.54) is 11.6 Å². The number of ether oxygens (including phenoxy) is 1. The van der Waals surface area contributed by atoms with E-state index in [0.717, 1.165) is 36.6 Å². The number of carbonyl (C=O) groups is 1. The van der Waals surface area contributed by atoms with Crippen molar-refractivity contribution in [3.63, 3.8) is 0 Å². The van der Waals surface area contributed by atoms with Crippen LogP contribution in [0.5, 0.6) is 0 Å². The molecule has 4 atom stereocenters. The number of benzene rings is 1. The molecule has 0 amide bonds. The monoisotopic (exact) mass is 369 g/mol. The van der Waals surface area contributed by atoms with Crippen molar-refractivity contribution in [2.75, 3.05) is 6.61 Å². The normalized spacial score (nSPS) is 27.7. The van der Waals surface area contributed by atoms with Gasteiger partial charge in [0.1, 0.15) is 5.82 Å². The summed E-state index contributed by atoms with van der Waals surface area (Å²) in [6.07, 6.45) is 6.26. The predicted octanol–water partition coefficient (Wildman–Crippen LogP) is 5.48. The number of rotatable bonds is 4.